The lowest BCUT2D eigenvalue weighted by Crippen LogP contribution is -2.22. The number of thiophene rings is 1. The molecule has 1 heterocycles. The van der Waals surface area contributed by atoms with Gasteiger partial charge in [-0.25, -0.2) is 0 Å². The first kappa shape index (κ1) is 36.9. The topological polar surface area (TPSA) is 24.9 Å². The van der Waals surface area contributed by atoms with Crippen molar-refractivity contribution in [1.29, 1.82) is 0 Å². The molecule has 6 aromatic carbocycles. The van der Waals surface area contributed by atoms with Crippen molar-refractivity contribution in [2.24, 2.45) is 0 Å². The zero-order valence-corrected chi connectivity index (χ0v) is 33.7. The second-order valence-corrected chi connectivity index (χ2v) is 18.6. The van der Waals surface area contributed by atoms with E-state index in [2.05, 4.69) is 204 Å². The van der Waals surface area contributed by atoms with E-state index in [0.29, 0.717) is 0 Å². The molecule has 0 aliphatic rings. The van der Waals surface area contributed by atoms with Crippen LogP contribution in [0.25, 0.3) is 22.3 Å². The van der Waals surface area contributed by atoms with Gasteiger partial charge in [-0.3, -0.25) is 0 Å². The Balaban J connectivity index is 1.62. The average Bonchev–Trinajstić information content (AvgIpc) is 3.69. The molecule has 0 amide bonds. The number of anilines is 2. The lowest BCUT2D eigenvalue weighted by Gasteiger charge is -2.44. The number of ether oxygens (including phenoxy) is 2. The summed E-state index contributed by atoms with van der Waals surface area (Å²) in [5.74, 6) is 1.65. The van der Waals surface area contributed by atoms with Gasteiger partial charge in [0.25, 0.3) is 0 Å². The minimum atomic E-state index is -2.19. The molecule has 1 atom stereocenters. The quantitative estimate of drug-likeness (QED) is 0.132. The van der Waals surface area contributed by atoms with Crippen LogP contribution in [0.1, 0.15) is 20.8 Å². The molecule has 4 nitrogen and oxygen atoms in total. The molecule has 274 valence electrons. The van der Waals surface area contributed by atoms with Crippen molar-refractivity contribution in [3.63, 3.8) is 0 Å². The third-order valence-electron chi connectivity index (χ3n) is 9.28. The molecular formula is C48H48N2O2S2. The number of hydrogen-bond donors (Lipinski definition) is 0. The van der Waals surface area contributed by atoms with Gasteiger partial charge in [0.1, 0.15) is 17.1 Å². The van der Waals surface area contributed by atoms with Crippen LogP contribution in [0.5, 0.6) is 16.6 Å². The Kier molecular flexibility index (Phi) is 10.6. The maximum Gasteiger partial charge on any atom is 0.180 e. The molecule has 0 N–H and O–H groups in total. The zero-order valence-electron chi connectivity index (χ0n) is 32.1. The predicted octanol–water partition coefficient (Wildman–Crippen LogP) is 13.5. The molecular weight excluding hydrogens is 701 g/mol. The first-order valence-electron chi connectivity index (χ1n) is 18.2. The van der Waals surface area contributed by atoms with Crippen molar-refractivity contribution >= 4 is 32.7 Å². The van der Waals surface area contributed by atoms with Crippen LogP contribution in [0.2, 0.25) is 0 Å². The van der Waals surface area contributed by atoms with Crippen molar-refractivity contribution in [3.8, 4) is 38.8 Å². The summed E-state index contributed by atoms with van der Waals surface area (Å²) in [5.41, 5.74) is 6.75. The van der Waals surface area contributed by atoms with Crippen LogP contribution in [-0.2, 0) is 0 Å². The number of hydrogen-bond acceptors (Lipinski definition) is 5. The van der Waals surface area contributed by atoms with Gasteiger partial charge >= 0.3 is 0 Å². The van der Waals surface area contributed by atoms with Crippen molar-refractivity contribution < 1.29 is 9.47 Å². The third kappa shape index (κ3) is 7.50. The summed E-state index contributed by atoms with van der Waals surface area (Å²) in [7, 11) is 6.27. The highest BCUT2D eigenvalue weighted by Crippen LogP contribution is 2.76. The van der Waals surface area contributed by atoms with E-state index in [9.17, 15) is 0 Å². The van der Waals surface area contributed by atoms with Gasteiger partial charge in [-0.2, -0.15) is 0 Å². The molecule has 0 saturated heterocycles. The highest BCUT2D eigenvalue weighted by Gasteiger charge is 2.37. The number of benzene rings is 6. The van der Waals surface area contributed by atoms with E-state index in [1.165, 1.54) is 41.8 Å². The van der Waals surface area contributed by atoms with Gasteiger partial charge in [0.15, 0.2) is 5.06 Å². The number of nitrogens with zero attached hydrogens (tertiary/aromatic N) is 2. The van der Waals surface area contributed by atoms with Crippen molar-refractivity contribution in [2.45, 2.75) is 46.0 Å². The first-order valence-corrected chi connectivity index (χ1v) is 20.7. The first-order chi connectivity index (χ1) is 26.0. The van der Waals surface area contributed by atoms with Crippen LogP contribution in [0.4, 0.5) is 11.4 Å². The Morgan fingerprint density at radius 3 is 1.50 bits per heavy atom. The Labute approximate surface area is 326 Å². The monoisotopic (exact) mass is 748 g/mol. The fourth-order valence-electron chi connectivity index (χ4n) is 6.94. The SMILES string of the molecule is CN(C)c1ccc(S(c2ccc(Oc3cccs3)cc2)(c2ccc(OC(C)(C)C)cc2)c2ccc(N(C)C)c(-c3ccccc3)c2-c2ccccc2)cc1. The second kappa shape index (κ2) is 15.5. The van der Waals surface area contributed by atoms with Crippen molar-refractivity contribution in [3.05, 3.63) is 163 Å². The summed E-state index contributed by atoms with van der Waals surface area (Å²) in [6.45, 7) is 6.27. The largest absolute Gasteiger partial charge is 0.488 e. The van der Waals surface area contributed by atoms with E-state index in [1.807, 2.05) is 17.5 Å². The van der Waals surface area contributed by atoms with Crippen LogP contribution < -0.4 is 19.3 Å². The van der Waals surface area contributed by atoms with Crippen LogP contribution in [0, 0.1) is 0 Å². The van der Waals surface area contributed by atoms with Gasteiger partial charge in [0, 0.05) is 70.3 Å². The van der Waals surface area contributed by atoms with Gasteiger partial charge in [-0.05, 0) is 134 Å². The minimum Gasteiger partial charge on any atom is -0.488 e. The van der Waals surface area contributed by atoms with Gasteiger partial charge in [-0.1, -0.05) is 60.7 Å². The van der Waals surface area contributed by atoms with E-state index in [0.717, 1.165) is 27.9 Å². The molecule has 0 spiro atoms. The molecule has 54 heavy (non-hydrogen) atoms. The van der Waals surface area contributed by atoms with E-state index in [1.54, 1.807) is 11.3 Å². The highest BCUT2D eigenvalue weighted by atomic mass is 32.3. The standard InChI is InChI=1S/C48H48N2O2S2/c1-48(2,3)52-39-24-30-42(31-25-39)54(40-26-20-37(21-27-40)49(4)5,41-28-22-38(23-29-41)51-45-19-14-34-53-45)44-33-32-43(50(6)7)46(35-15-10-8-11-16-35)47(44)36-17-12-9-13-18-36/h8-34H,1-7H3. The fraction of sp³-hybridized carbons (Fsp3) is 0.167. The summed E-state index contributed by atoms with van der Waals surface area (Å²) in [4.78, 5) is 9.30. The average molecular weight is 749 g/mol. The molecule has 7 rings (SSSR count). The second-order valence-electron chi connectivity index (χ2n) is 14.7. The normalized spacial score (nSPS) is 13.1. The Morgan fingerprint density at radius 1 is 0.500 bits per heavy atom. The molecule has 0 fully saturated rings. The van der Waals surface area contributed by atoms with Crippen LogP contribution >= 0.6 is 21.4 Å². The summed E-state index contributed by atoms with van der Waals surface area (Å²) in [6, 6.07) is 57.2. The van der Waals surface area contributed by atoms with Gasteiger partial charge in [0.2, 0.25) is 0 Å². The van der Waals surface area contributed by atoms with Gasteiger partial charge < -0.3 is 19.3 Å². The Morgan fingerprint density at radius 2 is 1.02 bits per heavy atom. The molecule has 7 aromatic rings. The van der Waals surface area contributed by atoms with E-state index < -0.39 is 10.0 Å². The molecule has 0 bridgehead atoms. The molecule has 6 heteroatoms. The lowest BCUT2D eigenvalue weighted by molar-refractivity contribution is 0.131. The van der Waals surface area contributed by atoms with Gasteiger partial charge in [-0.15, -0.1) is 21.4 Å². The lowest BCUT2D eigenvalue weighted by atomic mass is 9.92. The van der Waals surface area contributed by atoms with Crippen molar-refractivity contribution in [2.75, 3.05) is 38.0 Å². The van der Waals surface area contributed by atoms with E-state index in [-0.39, 0.29) is 5.60 Å². The molecule has 1 unspecified atom stereocenters. The summed E-state index contributed by atoms with van der Waals surface area (Å²) >= 11 is 1.59. The van der Waals surface area contributed by atoms with Crippen LogP contribution in [0.15, 0.2) is 183 Å². The third-order valence-corrected chi connectivity index (χ3v) is 14.0. The Hall–Kier alpha value is -5.43. The molecule has 0 saturated carbocycles. The van der Waals surface area contributed by atoms with Crippen LogP contribution in [0.3, 0.4) is 0 Å². The summed E-state index contributed by atoms with van der Waals surface area (Å²) in [5, 5.41) is 2.91. The van der Waals surface area contributed by atoms with E-state index in [4.69, 9.17) is 9.47 Å². The highest BCUT2D eigenvalue weighted by molar-refractivity contribution is 8.34. The van der Waals surface area contributed by atoms with Crippen LogP contribution in [-0.4, -0.2) is 33.8 Å². The molecule has 1 aromatic heterocycles. The number of rotatable bonds is 11. The summed E-state index contributed by atoms with van der Waals surface area (Å²) < 4.78 is 12.7. The zero-order chi connectivity index (χ0) is 37.9. The predicted molar refractivity (Wildman–Crippen MR) is 231 cm³/mol. The molecule has 0 radical (unpaired) electrons. The smallest absolute Gasteiger partial charge is 0.180 e. The Bertz CT molecular complexity index is 2280. The fourth-order valence-corrected chi connectivity index (χ4v) is 11.5. The molecule has 0 aliphatic carbocycles. The van der Waals surface area contributed by atoms with E-state index >= 15 is 0 Å². The maximum atomic E-state index is 6.39. The summed E-state index contributed by atoms with van der Waals surface area (Å²) in [6.07, 6.45) is 0. The molecule has 0 aliphatic heterocycles. The minimum absolute atomic E-state index is 0.320. The maximum absolute atomic E-state index is 6.39. The van der Waals surface area contributed by atoms with Crippen molar-refractivity contribution in [1.82, 2.24) is 0 Å². The van der Waals surface area contributed by atoms with Gasteiger partial charge in [0.05, 0.1) is 0 Å².